The average Bonchev–Trinajstić information content (AvgIpc) is 2.15. The third kappa shape index (κ3) is 2.23. The number of carboxylic acid groups (broad SMARTS) is 1. The van der Waals surface area contributed by atoms with Gasteiger partial charge in [0.25, 0.3) is 0 Å². The summed E-state index contributed by atoms with van der Waals surface area (Å²) in [6, 6.07) is 0.379. The Morgan fingerprint density at radius 1 is 1.38 bits per heavy atom. The first kappa shape index (κ1) is 13.5. The van der Waals surface area contributed by atoms with Gasteiger partial charge in [-0.15, -0.1) is 0 Å². The van der Waals surface area contributed by atoms with Gasteiger partial charge in [-0.2, -0.15) is 4.79 Å². The zero-order valence-corrected chi connectivity index (χ0v) is 11.2. The van der Waals surface area contributed by atoms with Gasteiger partial charge in [-0.05, 0) is 47.7 Å². The van der Waals surface area contributed by atoms with Crippen molar-refractivity contribution in [1.29, 1.82) is 0 Å². The summed E-state index contributed by atoms with van der Waals surface area (Å²) in [6.45, 7) is 7.55. The van der Waals surface area contributed by atoms with Gasteiger partial charge < -0.3 is 10.0 Å². The number of carbonyl (C=O) groups is 1. The van der Waals surface area contributed by atoms with Crippen LogP contribution in [0.3, 0.4) is 0 Å². The molecule has 1 N–H and O–H groups in total. The quantitative estimate of drug-likeness (QED) is 0.699. The summed E-state index contributed by atoms with van der Waals surface area (Å²) in [6.07, 6.45) is 1.42. The van der Waals surface area contributed by atoms with Crippen molar-refractivity contribution in [2.45, 2.75) is 45.2 Å². The minimum Gasteiger partial charge on any atom is -0.435 e. The average molecular weight is 229 g/mol. The molecule has 4 nitrogen and oxygen atoms in total. The van der Waals surface area contributed by atoms with Gasteiger partial charge in [0, 0.05) is 0 Å². The van der Waals surface area contributed by atoms with Crippen LogP contribution in [0.15, 0.2) is 0 Å². The molecule has 16 heavy (non-hydrogen) atoms. The highest BCUT2D eigenvalue weighted by atomic mass is 16.4. The van der Waals surface area contributed by atoms with E-state index in [0.29, 0.717) is 12.6 Å². The number of rotatable bonds is 1. The zero-order chi connectivity index (χ0) is 12.6. The van der Waals surface area contributed by atoms with E-state index in [2.05, 4.69) is 4.90 Å². The predicted octanol–water partition coefficient (Wildman–Crippen LogP) is 2.00. The first-order valence-electron chi connectivity index (χ1n) is 5.98. The number of likely N-dealkylation sites (tertiary alicyclic amines) is 1. The summed E-state index contributed by atoms with van der Waals surface area (Å²) in [7, 11) is 4.07. The van der Waals surface area contributed by atoms with Crippen LogP contribution in [-0.2, 0) is 0 Å². The van der Waals surface area contributed by atoms with Crippen LogP contribution in [0.2, 0.25) is 0 Å². The normalized spacial score (nSPS) is 31.8. The highest BCUT2D eigenvalue weighted by molar-refractivity contribution is 5.57. The molecule has 0 saturated carbocycles. The number of quaternary nitrogens is 1. The lowest BCUT2D eigenvalue weighted by Gasteiger charge is -2.49. The zero-order valence-electron chi connectivity index (χ0n) is 11.2. The second-order valence-electron chi connectivity index (χ2n) is 6.09. The van der Waals surface area contributed by atoms with Crippen molar-refractivity contribution in [2.75, 3.05) is 27.2 Å². The first-order chi connectivity index (χ1) is 7.21. The van der Waals surface area contributed by atoms with E-state index in [1.165, 1.54) is 0 Å². The Balaban J connectivity index is 2.99. The van der Waals surface area contributed by atoms with Crippen LogP contribution >= 0.6 is 0 Å². The minimum atomic E-state index is -0.681. The number of hydrogen-bond acceptors (Lipinski definition) is 2. The molecule has 4 heteroatoms. The van der Waals surface area contributed by atoms with E-state index in [1.54, 1.807) is 0 Å². The molecule has 1 unspecified atom stereocenters. The summed E-state index contributed by atoms with van der Waals surface area (Å²) in [5.41, 5.74) is -0.236. The molecule has 2 atom stereocenters. The van der Waals surface area contributed by atoms with Crippen molar-refractivity contribution in [3.05, 3.63) is 0 Å². The molecule has 0 bridgehead atoms. The number of likely N-dealkylation sites (N-methyl/N-ethyl adjacent to an activating group) is 1. The third-order valence-corrected chi connectivity index (χ3v) is 3.98. The Morgan fingerprint density at radius 3 is 2.31 bits per heavy atom. The minimum absolute atomic E-state index is 0.190. The van der Waals surface area contributed by atoms with Crippen LogP contribution in [-0.4, -0.2) is 59.3 Å². The number of amides is 1. The van der Waals surface area contributed by atoms with Gasteiger partial charge in [-0.1, -0.05) is 0 Å². The molecule has 0 aliphatic carbocycles. The van der Waals surface area contributed by atoms with Crippen molar-refractivity contribution >= 4 is 6.09 Å². The van der Waals surface area contributed by atoms with Crippen molar-refractivity contribution < 1.29 is 14.4 Å². The van der Waals surface area contributed by atoms with Crippen LogP contribution < -0.4 is 0 Å². The molecule has 1 amide bonds. The van der Waals surface area contributed by atoms with Gasteiger partial charge in [0.05, 0.1) is 12.6 Å². The Hall–Kier alpha value is -0.610. The summed E-state index contributed by atoms with van der Waals surface area (Å²) >= 11 is 0. The molecule has 1 fully saturated rings. The Bertz CT molecular complexity index is 271. The van der Waals surface area contributed by atoms with E-state index >= 15 is 0 Å². The van der Waals surface area contributed by atoms with Crippen LogP contribution in [0, 0.1) is 0 Å². The lowest BCUT2D eigenvalue weighted by Crippen LogP contribution is -2.69. The summed E-state index contributed by atoms with van der Waals surface area (Å²) < 4.78 is 0.190. The maximum Gasteiger partial charge on any atom is 0.514 e. The number of piperidine rings is 1. The van der Waals surface area contributed by atoms with Gasteiger partial charge in [0.15, 0.2) is 0 Å². The maximum absolute atomic E-state index is 11.6. The number of nitrogens with zero attached hydrogens (tertiary/aromatic N) is 2. The molecule has 0 aromatic heterocycles. The molecule has 0 aromatic carbocycles. The van der Waals surface area contributed by atoms with Crippen molar-refractivity contribution in [2.24, 2.45) is 0 Å². The van der Waals surface area contributed by atoms with Gasteiger partial charge in [-0.25, -0.2) is 4.48 Å². The second kappa shape index (κ2) is 4.34. The Kier molecular flexibility index (Phi) is 3.65. The molecule has 0 spiro atoms. The fourth-order valence-electron chi connectivity index (χ4n) is 2.63. The van der Waals surface area contributed by atoms with Crippen LogP contribution in [0.25, 0.3) is 0 Å². The summed E-state index contributed by atoms with van der Waals surface area (Å²) in [5.74, 6) is 0. The van der Waals surface area contributed by atoms with E-state index in [4.69, 9.17) is 0 Å². The highest BCUT2D eigenvalue weighted by Crippen LogP contribution is 2.31. The Morgan fingerprint density at radius 2 is 1.94 bits per heavy atom. The smallest absolute Gasteiger partial charge is 0.435 e. The lowest BCUT2D eigenvalue weighted by molar-refractivity contribution is -0.909. The molecular weight excluding hydrogens is 204 g/mol. The van der Waals surface area contributed by atoms with E-state index < -0.39 is 6.09 Å². The largest absolute Gasteiger partial charge is 0.514 e. The molecule has 1 aliphatic heterocycles. The monoisotopic (exact) mass is 229 g/mol. The molecule has 1 heterocycles. The molecule has 94 valence electrons. The van der Waals surface area contributed by atoms with E-state index in [9.17, 15) is 9.90 Å². The van der Waals surface area contributed by atoms with Gasteiger partial charge >= 0.3 is 6.09 Å². The van der Waals surface area contributed by atoms with Gasteiger partial charge in [0.2, 0.25) is 0 Å². The van der Waals surface area contributed by atoms with E-state index in [0.717, 1.165) is 19.4 Å². The fraction of sp³-hybridized carbons (Fsp3) is 0.917. The molecule has 1 aliphatic rings. The second-order valence-corrected chi connectivity index (χ2v) is 6.09. The molecule has 0 radical (unpaired) electrons. The standard InChI is InChI=1S/C12H24N2O2/c1-12(2,3)14(11(15)16)8-6-7-10(9-14)13(4)5/h10H,6-9H2,1-5H3/p+1/t10-,14?/m1/s1. The van der Waals surface area contributed by atoms with Crippen molar-refractivity contribution in [3.8, 4) is 0 Å². The van der Waals surface area contributed by atoms with Gasteiger partial charge in [0.1, 0.15) is 12.1 Å². The third-order valence-electron chi connectivity index (χ3n) is 3.98. The van der Waals surface area contributed by atoms with Crippen LogP contribution in [0.5, 0.6) is 0 Å². The summed E-state index contributed by atoms with van der Waals surface area (Å²) in [5, 5.41) is 9.58. The molecule has 1 rings (SSSR count). The molecule has 0 aromatic rings. The maximum atomic E-state index is 11.6. The van der Waals surface area contributed by atoms with E-state index in [1.807, 2.05) is 34.9 Å². The Labute approximate surface area is 98.4 Å². The molecular formula is C12H25N2O2+. The van der Waals surface area contributed by atoms with E-state index in [-0.39, 0.29) is 10.0 Å². The summed E-state index contributed by atoms with van der Waals surface area (Å²) in [4.78, 5) is 13.8. The molecule has 1 saturated heterocycles. The SMILES string of the molecule is CN(C)[C@@H]1CCC[N+](C(=O)O)(C(C)(C)C)C1. The number of hydrogen-bond donors (Lipinski definition) is 1. The topological polar surface area (TPSA) is 40.5 Å². The fourth-order valence-corrected chi connectivity index (χ4v) is 2.63. The van der Waals surface area contributed by atoms with Gasteiger partial charge in [-0.3, -0.25) is 0 Å². The highest BCUT2D eigenvalue weighted by Gasteiger charge is 2.51. The first-order valence-corrected chi connectivity index (χ1v) is 5.98. The lowest BCUT2D eigenvalue weighted by atomic mass is 9.93. The van der Waals surface area contributed by atoms with Crippen LogP contribution in [0.4, 0.5) is 4.79 Å². The van der Waals surface area contributed by atoms with Crippen molar-refractivity contribution in [1.82, 2.24) is 4.90 Å². The van der Waals surface area contributed by atoms with Crippen LogP contribution in [0.1, 0.15) is 33.6 Å². The predicted molar refractivity (Wildman–Crippen MR) is 64.5 cm³/mol. The van der Waals surface area contributed by atoms with Crippen molar-refractivity contribution in [3.63, 3.8) is 0 Å².